The van der Waals surface area contributed by atoms with Gasteiger partial charge in [-0.3, -0.25) is 0 Å². The first kappa shape index (κ1) is 13.8. The summed E-state index contributed by atoms with van der Waals surface area (Å²) in [7, 11) is 1.72. The van der Waals surface area contributed by atoms with E-state index in [-0.39, 0.29) is 0 Å². The van der Waals surface area contributed by atoms with Crippen LogP contribution in [0, 0.1) is 5.92 Å². The topological polar surface area (TPSA) is 30.5 Å². The average molecular weight is 314 g/mol. The van der Waals surface area contributed by atoms with Crippen molar-refractivity contribution in [3.8, 4) is 0 Å². The summed E-state index contributed by atoms with van der Waals surface area (Å²) in [6.45, 7) is 4.52. The van der Waals surface area contributed by atoms with E-state index in [4.69, 9.17) is 9.47 Å². The molecular weight excluding hydrogens is 294 g/mol. The van der Waals surface area contributed by atoms with Crippen molar-refractivity contribution in [1.82, 2.24) is 0 Å². The van der Waals surface area contributed by atoms with Crippen LogP contribution in [0.5, 0.6) is 0 Å². The minimum atomic E-state index is 0.476. The summed E-state index contributed by atoms with van der Waals surface area (Å²) >= 11 is 3.58. The van der Waals surface area contributed by atoms with Gasteiger partial charge in [-0.1, -0.05) is 28.9 Å². The van der Waals surface area contributed by atoms with Gasteiger partial charge in [0.2, 0.25) is 0 Å². The van der Waals surface area contributed by atoms with Crippen LogP contribution in [0.2, 0.25) is 0 Å². The Bertz CT molecular complexity index is 397. The molecule has 1 aliphatic heterocycles. The van der Waals surface area contributed by atoms with Crippen LogP contribution in [0.15, 0.2) is 22.7 Å². The Hall–Kier alpha value is -0.580. The van der Waals surface area contributed by atoms with Crippen LogP contribution < -0.4 is 5.32 Å². The summed E-state index contributed by atoms with van der Waals surface area (Å²) < 4.78 is 11.8. The lowest BCUT2D eigenvalue weighted by molar-refractivity contribution is 0.0537. The predicted molar refractivity (Wildman–Crippen MR) is 76.9 cm³/mol. The van der Waals surface area contributed by atoms with Crippen molar-refractivity contribution in [2.24, 2.45) is 5.92 Å². The summed E-state index contributed by atoms with van der Waals surface area (Å²) in [5.41, 5.74) is 2.34. The van der Waals surface area contributed by atoms with Crippen molar-refractivity contribution in [3.63, 3.8) is 0 Å². The third-order valence-electron chi connectivity index (χ3n) is 3.39. The van der Waals surface area contributed by atoms with E-state index in [1.165, 1.54) is 5.56 Å². The van der Waals surface area contributed by atoms with Gasteiger partial charge in [0.1, 0.15) is 0 Å². The molecule has 2 unspecified atom stereocenters. The number of ether oxygens (including phenoxy) is 2. The van der Waals surface area contributed by atoms with Crippen molar-refractivity contribution in [3.05, 3.63) is 28.2 Å². The van der Waals surface area contributed by atoms with Crippen molar-refractivity contribution >= 4 is 21.6 Å². The highest BCUT2D eigenvalue weighted by Crippen LogP contribution is 2.28. The van der Waals surface area contributed by atoms with E-state index < -0.39 is 0 Å². The van der Waals surface area contributed by atoms with E-state index in [9.17, 15) is 0 Å². The van der Waals surface area contributed by atoms with Gasteiger partial charge < -0.3 is 14.8 Å². The van der Waals surface area contributed by atoms with Gasteiger partial charge in [0.05, 0.1) is 13.2 Å². The zero-order valence-corrected chi connectivity index (χ0v) is 12.5. The summed E-state index contributed by atoms with van der Waals surface area (Å²) in [4.78, 5) is 0. The molecule has 0 aliphatic carbocycles. The molecule has 2 atom stereocenters. The molecule has 0 saturated carbocycles. The number of rotatable bonds is 4. The summed E-state index contributed by atoms with van der Waals surface area (Å²) in [6.07, 6.45) is 1.06. The average Bonchev–Trinajstić information content (AvgIpc) is 2.36. The van der Waals surface area contributed by atoms with Crippen LogP contribution in [0.1, 0.15) is 18.9 Å². The van der Waals surface area contributed by atoms with E-state index in [1.54, 1.807) is 7.11 Å². The van der Waals surface area contributed by atoms with E-state index in [0.29, 0.717) is 18.6 Å². The fourth-order valence-electron chi connectivity index (χ4n) is 2.28. The van der Waals surface area contributed by atoms with Gasteiger partial charge in [0.15, 0.2) is 0 Å². The molecule has 1 heterocycles. The lowest BCUT2D eigenvalue weighted by atomic mass is 9.97. The fourth-order valence-corrected chi connectivity index (χ4v) is 2.76. The second kappa shape index (κ2) is 6.55. The van der Waals surface area contributed by atoms with E-state index in [1.807, 2.05) is 6.07 Å². The quantitative estimate of drug-likeness (QED) is 0.923. The summed E-state index contributed by atoms with van der Waals surface area (Å²) in [6, 6.07) is 6.69. The van der Waals surface area contributed by atoms with Gasteiger partial charge in [-0.25, -0.2) is 0 Å². The number of halogens is 1. The van der Waals surface area contributed by atoms with Crippen LogP contribution >= 0.6 is 15.9 Å². The molecule has 2 rings (SSSR count). The van der Waals surface area contributed by atoms with E-state index in [0.717, 1.165) is 29.8 Å². The maximum absolute atomic E-state index is 5.48. The fraction of sp³-hybridized carbons (Fsp3) is 0.571. The number of nitrogens with one attached hydrogen (secondary N) is 1. The third-order valence-corrected chi connectivity index (χ3v) is 4.13. The molecule has 18 heavy (non-hydrogen) atoms. The first-order chi connectivity index (χ1) is 8.72. The van der Waals surface area contributed by atoms with Crippen molar-refractivity contribution < 1.29 is 9.47 Å². The minimum Gasteiger partial charge on any atom is -0.382 e. The highest BCUT2D eigenvalue weighted by molar-refractivity contribution is 9.10. The molecule has 100 valence electrons. The number of hydrogen-bond acceptors (Lipinski definition) is 3. The third kappa shape index (κ3) is 3.25. The smallest absolute Gasteiger partial charge is 0.0744 e. The number of benzene rings is 1. The molecule has 1 aromatic rings. The van der Waals surface area contributed by atoms with E-state index >= 15 is 0 Å². The number of methoxy groups -OCH3 is 1. The standard InChI is InChI=1S/C14H20BrNO2/c1-10-8-18-7-6-13(10)16-14-5-3-4-12(15)11(14)9-17-2/h3-5,10,13,16H,6-9H2,1-2H3. The molecule has 1 aromatic carbocycles. The maximum Gasteiger partial charge on any atom is 0.0744 e. The molecule has 0 spiro atoms. The second-order valence-corrected chi connectivity index (χ2v) is 5.65. The molecule has 0 radical (unpaired) electrons. The van der Waals surface area contributed by atoms with Crippen LogP contribution in [0.3, 0.4) is 0 Å². The number of anilines is 1. The Morgan fingerprint density at radius 2 is 2.33 bits per heavy atom. The number of hydrogen-bond donors (Lipinski definition) is 1. The molecule has 1 fully saturated rings. The molecule has 0 bridgehead atoms. The normalized spacial score (nSPS) is 23.9. The largest absolute Gasteiger partial charge is 0.382 e. The first-order valence-corrected chi connectivity index (χ1v) is 7.12. The highest BCUT2D eigenvalue weighted by Gasteiger charge is 2.22. The molecular formula is C14H20BrNO2. The zero-order chi connectivity index (χ0) is 13.0. The monoisotopic (exact) mass is 313 g/mol. The lowest BCUT2D eigenvalue weighted by Gasteiger charge is -2.31. The van der Waals surface area contributed by atoms with Crippen LogP contribution in [-0.2, 0) is 16.1 Å². The predicted octanol–water partition coefficient (Wildman–Crippen LogP) is 3.43. The van der Waals surface area contributed by atoms with Gasteiger partial charge in [0, 0.05) is 35.5 Å². The minimum absolute atomic E-state index is 0.476. The zero-order valence-electron chi connectivity index (χ0n) is 10.9. The first-order valence-electron chi connectivity index (χ1n) is 6.33. The van der Waals surface area contributed by atoms with Crippen LogP contribution in [-0.4, -0.2) is 26.4 Å². The Kier molecular flexibility index (Phi) is 5.03. The van der Waals surface area contributed by atoms with Crippen LogP contribution in [0.25, 0.3) is 0 Å². The Balaban J connectivity index is 2.14. The van der Waals surface area contributed by atoms with E-state index in [2.05, 4.69) is 40.3 Å². The highest BCUT2D eigenvalue weighted by atomic mass is 79.9. The maximum atomic E-state index is 5.48. The molecule has 1 aliphatic rings. The Morgan fingerprint density at radius 3 is 3.06 bits per heavy atom. The SMILES string of the molecule is COCc1c(Br)cccc1NC1CCOCC1C. The van der Waals surface area contributed by atoms with Crippen molar-refractivity contribution in [2.45, 2.75) is 26.0 Å². The summed E-state index contributed by atoms with van der Waals surface area (Å²) in [5, 5.41) is 3.63. The van der Waals surface area contributed by atoms with Gasteiger partial charge >= 0.3 is 0 Å². The second-order valence-electron chi connectivity index (χ2n) is 4.79. The molecule has 4 heteroatoms. The van der Waals surface area contributed by atoms with Gasteiger partial charge in [-0.2, -0.15) is 0 Å². The molecule has 1 N–H and O–H groups in total. The molecule has 1 saturated heterocycles. The van der Waals surface area contributed by atoms with Gasteiger partial charge in [-0.15, -0.1) is 0 Å². The molecule has 3 nitrogen and oxygen atoms in total. The Labute approximate surface area is 117 Å². The van der Waals surface area contributed by atoms with Crippen LogP contribution in [0.4, 0.5) is 5.69 Å². The summed E-state index contributed by atoms with van der Waals surface area (Å²) in [5.74, 6) is 0.535. The molecule has 0 amide bonds. The van der Waals surface area contributed by atoms with Gasteiger partial charge in [-0.05, 0) is 24.5 Å². The van der Waals surface area contributed by atoms with Crippen molar-refractivity contribution in [2.75, 3.05) is 25.6 Å². The molecule has 0 aromatic heterocycles. The lowest BCUT2D eigenvalue weighted by Crippen LogP contribution is -2.36. The Morgan fingerprint density at radius 1 is 1.50 bits per heavy atom. The van der Waals surface area contributed by atoms with Gasteiger partial charge in [0.25, 0.3) is 0 Å². The van der Waals surface area contributed by atoms with Crippen molar-refractivity contribution in [1.29, 1.82) is 0 Å².